The molecule has 1 aliphatic heterocycles. The van der Waals surface area contributed by atoms with Gasteiger partial charge in [-0.15, -0.1) is 12.4 Å². The van der Waals surface area contributed by atoms with Crippen LogP contribution in [0.2, 0.25) is 0 Å². The Hall–Kier alpha value is -1.22. The maximum Gasteiger partial charge on any atom is 0.116 e. The lowest BCUT2D eigenvalue weighted by Crippen LogP contribution is -2.39. The lowest BCUT2D eigenvalue weighted by Gasteiger charge is -2.31. The molecule has 0 aliphatic carbocycles. The van der Waals surface area contributed by atoms with Gasteiger partial charge < -0.3 is 10.2 Å². The highest BCUT2D eigenvalue weighted by Crippen LogP contribution is 2.24. The van der Waals surface area contributed by atoms with Crippen molar-refractivity contribution in [2.24, 2.45) is 4.99 Å². The number of halogens is 1. The average Bonchev–Trinajstić information content (AvgIpc) is 2.83. The Balaban J connectivity index is 0.00000180. The average molecular weight is 282 g/mol. The van der Waals surface area contributed by atoms with Crippen molar-refractivity contribution in [3.05, 3.63) is 29.3 Å². The van der Waals surface area contributed by atoms with Crippen LogP contribution < -0.4 is 10.2 Å². The third-order valence-electron chi connectivity index (χ3n) is 3.57. The molecular formula is C15H24ClN3. The summed E-state index contributed by atoms with van der Waals surface area (Å²) in [6.07, 6.45) is 0. The molecule has 0 saturated heterocycles. The van der Waals surface area contributed by atoms with E-state index in [2.05, 4.69) is 61.1 Å². The topological polar surface area (TPSA) is 27.6 Å². The van der Waals surface area contributed by atoms with Crippen molar-refractivity contribution >= 4 is 23.9 Å². The zero-order chi connectivity index (χ0) is 13.1. The van der Waals surface area contributed by atoms with Crippen LogP contribution in [0.25, 0.3) is 0 Å². The molecule has 2 rings (SSSR count). The summed E-state index contributed by atoms with van der Waals surface area (Å²) in [6, 6.07) is 6.98. The lowest BCUT2D eigenvalue weighted by atomic mass is 10.1. The first-order chi connectivity index (χ1) is 8.59. The van der Waals surface area contributed by atoms with Crippen molar-refractivity contribution in [2.45, 2.75) is 33.7 Å². The largest absolute Gasteiger partial charge is 0.370 e. The standard InChI is InChI=1S/C15H23N3.ClH/c1-11(2)18(10-15-16-8-9-17-15)14-7-5-6-12(3)13(14)4;/h5-7,11H,8-10H2,1-4H3,(H,16,17);1H. The van der Waals surface area contributed by atoms with Crippen molar-refractivity contribution in [3.8, 4) is 0 Å². The minimum atomic E-state index is 0. The van der Waals surface area contributed by atoms with Crippen LogP contribution >= 0.6 is 12.4 Å². The van der Waals surface area contributed by atoms with Crippen molar-refractivity contribution in [3.63, 3.8) is 0 Å². The van der Waals surface area contributed by atoms with E-state index in [0.29, 0.717) is 6.04 Å². The maximum absolute atomic E-state index is 4.50. The van der Waals surface area contributed by atoms with E-state index in [9.17, 15) is 0 Å². The van der Waals surface area contributed by atoms with Crippen LogP contribution in [0.5, 0.6) is 0 Å². The van der Waals surface area contributed by atoms with E-state index >= 15 is 0 Å². The van der Waals surface area contributed by atoms with Crippen LogP contribution in [0.3, 0.4) is 0 Å². The minimum absolute atomic E-state index is 0. The number of aryl methyl sites for hydroxylation is 1. The molecule has 0 amide bonds. The Morgan fingerprint density at radius 2 is 2.05 bits per heavy atom. The third kappa shape index (κ3) is 3.63. The number of hydrogen-bond acceptors (Lipinski definition) is 3. The molecule has 19 heavy (non-hydrogen) atoms. The summed E-state index contributed by atoms with van der Waals surface area (Å²) in [7, 11) is 0. The Morgan fingerprint density at radius 1 is 1.32 bits per heavy atom. The fourth-order valence-corrected chi connectivity index (χ4v) is 2.31. The van der Waals surface area contributed by atoms with Crippen molar-refractivity contribution in [1.82, 2.24) is 5.32 Å². The molecule has 0 radical (unpaired) electrons. The third-order valence-corrected chi connectivity index (χ3v) is 3.57. The number of aliphatic imine (C=N–C) groups is 1. The smallest absolute Gasteiger partial charge is 0.116 e. The van der Waals surface area contributed by atoms with Gasteiger partial charge in [-0.2, -0.15) is 0 Å². The predicted octanol–water partition coefficient (Wildman–Crippen LogP) is 2.94. The van der Waals surface area contributed by atoms with E-state index in [0.717, 1.165) is 25.5 Å². The molecule has 0 atom stereocenters. The second kappa shape index (κ2) is 6.80. The van der Waals surface area contributed by atoms with Gasteiger partial charge in [0.05, 0.1) is 13.1 Å². The molecule has 1 N–H and O–H groups in total. The summed E-state index contributed by atoms with van der Waals surface area (Å²) in [5.74, 6) is 1.12. The number of anilines is 1. The van der Waals surface area contributed by atoms with Crippen LogP contribution in [0.15, 0.2) is 23.2 Å². The second-order valence-corrected chi connectivity index (χ2v) is 5.20. The molecule has 1 aromatic rings. The predicted molar refractivity (Wildman–Crippen MR) is 86.0 cm³/mol. The minimum Gasteiger partial charge on any atom is -0.370 e. The zero-order valence-electron chi connectivity index (χ0n) is 12.2. The van der Waals surface area contributed by atoms with Gasteiger partial charge in [0, 0.05) is 18.3 Å². The Morgan fingerprint density at radius 3 is 2.63 bits per heavy atom. The molecule has 1 aliphatic rings. The van der Waals surface area contributed by atoms with Crippen LogP contribution in [-0.4, -0.2) is 31.5 Å². The number of nitrogens with one attached hydrogen (secondary N) is 1. The summed E-state index contributed by atoms with van der Waals surface area (Å²) >= 11 is 0. The lowest BCUT2D eigenvalue weighted by molar-refractivity contribution is 0.725. The number of benzene rings is 1. The summed E-state index contributed by atoms with van der Waals surface area (Å²) in [4.78, 5) is 6.92. The fraction of sp³-hybridized carbons (Fsp3) is 0.533. The molecule has 0 bridgehead atoms. The number of rotatable bonds is 4. The number of hydrogen-bond donors (Lipinski definition) is 1. The van der Waals surface area contributed by atoms with E-state index in [1.807, 2.05) is 0 Å². The highest BCUT2D eigenvalue weighted by atomic mass is 35.5. The van der Waals surface area contributed by atoms with E-state index < -0.39 is 0 Å². The van der Waals surface area contributed by atoms with Crippen LogP contribution in [-0.2, 0) is 0 Å². The Kier molecular flexibility index (Phi) is 5.67. The maximum atomic E-state index is 4.50. The molecule has 0 spiro atoms. The van der Waals surface area contributed by atoms with Crippen LogP contribution in [0.4, 0.5) is 5.69 Å². The van der Waals surface area contributed by atoms with Gasteiger partial charge in [0.1, 0.15) is 5.84 Å². The quantitative estimate of drug-likeness (QED) is 0.919. The van der Waals surface area contributed by atoms with Crippen molar-refractivity contribution < 1.29 is 0 Å². The number of nitrogens with zero attached hydrogens (tertiary/aromatic N) is 2. The van der Waals surface area contributed by atoms with Gasteiger partial charge in [-0.05, 0) is 44.9 Å². The Bertz CT molecular complexity index is 455. The first-order valence-corrected chi connectivity index (χ1v) is 6.69. The van der Waals surface area contributed by atoms with Crippen molar-refractivity contribution in [1.29, 1.82) is 0 Å². The molecule has 0 unspecified atom stereocenters. The monoisotopic (exact) mass is 281 g/mol. The Labute approximate surface area is 122 Å². The van der Waals surface area contributed by atoms with Gasteiger partial charge >= 0.3 is 0 Å². The van der Waals surface area contributed by atoms with Crippen molar-refractivity contribution in [2.75, 3.05) is 24.5 Å². The van der Waals surface area contributed by atoms with E-state index in [-0.39, 0.29) is 12.4 Å². The van der Waals surface area contributed by atoms with Gasteiger partial charge in [-0.1, -0.05) is 12.1 Å². The normalized spacial score (nSPS) is 13.8. The summed E-state index contributed by atoms with van der Waals surface area (Å²) in [5, 5.41) is 3.35. The van der Waals surface area contributed by atoms with Gasteiger partial charge in [0.25, 0.3) is 0 Å². The molecule has 1 heterocycles. The fourth-order valence-electron chi connectivity index (χ4n) is 2.31. The molecular weight excluding hydrogens is 258 g/mol. The highest BCUT2D eigenvalue weighted by molar-refractivity contribution is 5.88. The molecule has 1 aromatic carbocycles. The van der Waals surface area contributed by atoms with E-state index in [4.69, 9.17) is 0 Å². The van der Waals surface area contributed by atoms with Gasteiger partial charge in [-0.25, -0.2) is 0 Å². The molecule has 3 nitrogen and oxygen atoms in total. The molecule has 106 valence electrons. The van der Waals surface area contributed by atoms with Gasteiger partial charge in [-0.3, -0.25) is 4.99 Å². The zero-order valence-corrected chi connectivity index (χ0v) is 13.0. The summed E-state index contributed by atoms with van der Waals surface area (Å²) < 4.78 is 0. The van der Waals surface area contributed by atoms with Crippen LogP contribution in [0, 0.1) is 13.8 Å². The highest BCUT2D eigenvalue weighted by Gasteiger charge is 2.17. The van der Waals surface area contributed by atoms with Gasteiger partial charge in [0.15, 0.2) is 0 Å². The summed E-state index contributed by atoms with van der Waals surface area (Å²) in [6.45, 7) is 11.6. The second-order valence-electron chi connectivity index (χ2n) is 5.20. The van der Waals surface area contributed by atoms with Crippen LogP contribution in [0.1, 0.15) is 25.0 Å². The summed E-state index contributed by atoms with van der Waals surface area (Å²) in [5.41, 5.74) is 4.03. The van der Waals surface area contributed by atoms with Gasteiger partial charge in [0.2, 0.25) is 0 Å². The molecule has 0 aromatic heterocycles. The number of amidine groups is 1. The molecule has 0 fully saturated rings. The van der Waals surface area contributed by atoms with E-state index in [1.165, 1.54) is 16.8 Å². The first kappa shape index (κ1) is 15.8. The van der Waals surface area contributed by atoms with E-state index in [1.54, 1.807) is 0 Å². The molecule has 4 heteroatoms. The SMILES string of the molecule is Cc1cccc(N(CC2=NCCN2)C(C)C)c1C.Cl. The first-order valence-electron chi connectivity index (χ1n) is 6.69. The molecule has 0 saturated carbocycles.